The van der Waals surface area contributed by atoms with Crippen molar-refractivity contribution < 1.29 is 14.6 Å². The van der Waals surface area contributed by atoms with E-state index in [1.165, 1.54) is 43.0 Å². The van der Waals surface area contributed by atoms with Gasteiger partial charge in [-0.2, -0.15) is 5.26 Å². The lowest BCUT2D eigenvalue weighted by molar-refractivity contribution is -0.385. The standard InChI is InChI=1S/C22H18N4O5S/c1-13-20(14(2)27)21(17-5-3-4-6-19(17)26(30)31)18(11-23)22(24-13)32-12-15-7-9-16(10-8-15)25(28)29/h3-10,21,24H,12H2,1-2H3/t21-/m0/s1. The molecule has 0 unspecified atom stereocenters. The molecule has 32 heavy (non-hydrogen) atoms. The lowest BCUT2D eigenvalue weighted by atomic mass is 9.80. The van der Waals surface area contributed by atoms with Crippen LogP contribution in [0.3, 0.4) is 0 Å². The Morgan fingerprint density at radius 2 is 1.78 bits per heavy atom. The minimum absolute atomic E-state index is 0.0206. The van der Waals surface area contributed by atoms with E-state index in [1.807, 2.05) is 0 Å². The van der Waals surface area contributed by atoms with E-state index in [2.05, 4.69) is 11.4 Å². The molecule has 0 aliphatic carbocycles. The summed E-state index contributed by atoms with van der Waals surface area (Å²) in [7, 11) is 0. The fourth-order valence-electron chi connectivity index (χ4n) is 3.57. The molecule has 2 aromatic rings. The second kappa shape index (κ2) is 9.45. The van der Waals surface area contributed by atoms with Gasteiger partial charge < -0.3 is 5.32 Å². The van der Waals surface area contributed by atoms with Crippen LogP contribution in [0, 0.1) is 31.6 Å². The highest BCUT2D eigenvalue weighted by atomic mass is 32.2. The Labute approximate surface area is 187 Å². The molecule has 2 aromatic carbocycles. The van der Waals surface area contributed by atoms with Crippen LogP contribution in [0.25, 0.3) is 0 Å². The first-order valence-corrected chi connectivity index (χ1v) is 10.5. The van der Waals surface area contributed by atoms with Crippen LogP contribution in [0.15, 0.2) is 70.4 Å². The predicted octanol–water partition coefficient (Wildman–Crippen LogP) is 4.72. The molecule has 1 aliphatic heterocycles. The second-order valence-corrected chi connectivity index (χ2v) is 8.02. The third-order valence-electron chi connectivity index (χ3n) is 5.00. The van der Waals surface area contributed by atoms with E-state index in [9.17, 15) is 30.3 Å². The van der Waals surface area contributed by atoms with Crippen molar-refractivity contribution >= 4 is 28.9 Å². The molecule has 162 valence electrons. The van der Waals surface area contributed by atoms with Crippen LogP contribution in [0.5, 0.6) is 0 Å². The van der Waals surface area contributed by atoms with Gasteiger partial charge in [-0.05, 0) is 19.4 Å². The molecule has 0 spiro atoms. The van der Waals surface area contributed by atoms with Crippen molar-refractivity contribution in [2.75, 3.05) is 0 Å². The number of hydrogen-bond acceptors (Lipinski definition) is 8. The molecule has 1 N–H and O–H groups in total. The number of nitro groups is 2. The number of nitrogens with zero attached hydrogens (tertiary/aromatic N) is 3. The number of carbonyl (C=O) groups is 1. The number of carbonyl (C=O) groups excluding carboxylic acids is 1. The Morgan fingerprint density at radius 3 is 2.34 bits per heavy atom. The maximum absolute atomic E-state index is 12.4. The molecule has 0 radical (unpaired) electrons. The summed E-state index contributed by atoms with van der Waals surface area (Å²) < 4.78 is 0. The quantitative estimate of drug-likeness (QED) is 0.472. The summed E-state index contributed by atoms with van der Waals surface area (Å²) in [6, 6.07) is 14.3. The van der Waals surface area contributed by atoms with Gasteiger partial charge in [0.25, 0.3) is 11.4 Å². The number of rotatable bonds is 7. The molecule has 0 fully saturated rings. The van der Waals surface area contributed by atoms with Gasteiger partial charge in [-0.3, -0.25) is 25.0 Å². The third-order valence-corrected chi connectivity index (χ3v) is 6.09. The first kappa shape index (κ1) is 22.7. The zero-order chi connectivity index (χ0) is 23.4. The summed E-state index contributed by atoms with van der Waals surface area (Å²) in [5, 5.41) is 36.0. The fraction of sp³-hybridized carbons (Fsp3) is 0.182. The molecule has 9 nitrogen and oxygen atoms in total. The largest absolute Gasteiger partial charge is 0.353 e. The summed E-state index contributed by atoms with van der Waals surface area (Å²) in [5.41, 5.74) is 1.91. The topological polar surface area (TPSA) is 139 Å². The van der Waals surface area contributed by atoms with E-state index in [1.54, 1.807) is 31.2 Å². The van der Waals surface area contributed by atoms with Gasteiger partial charge in [-0.15, -0.1) is 11.8 Å². The number of nitrogens with one attached hydrogen (secondary N) is 1. The van der Waals surface area contributed by atoms with Gasteiger partial charge in [0.15, 0.2) is 5.78 Å². The highest BCUT2D eigenvalue weighted by Gasteiger charge is 2.36. The molecule has 1 aliphatic rings. The average molecular weight is 450 g/mol. The highest BCUT2D eigenvalue weighted by Crippen LogP contribution is 2.44. The van der Waals surface area contributed by atoms with Gasteiger partial charge in [-0.1, -0.05) is 30.3 Å². The van der Waals surface area contributed by atoms with Crippen LogP contribution in [-0.4, -0.2) is 15.6 Å². The first-order valence-electron chi connectivity index (χ1n) is 9.47. The number of allylic oxidation sites excluding steroid dienone is 3. The Morgan fingerprint density at radius 1 is 1.12 bits per heavy atom. The van der Waals surface area contributed by atoms with Gasteiger partial charge in [0, 0.05) is 40.8 Å². The third kappa shape index (κ3) is 4.53. The Balaban J connectivity index is 2.04. The van der Waals surface area contributed by atoms with Gasteiger partial charge in [0.1, 0.15) is 0 Å². The van der Waals surface area contributed by atoms with Crippen LogP contribution in [0.1, 0.15) is 30.9 Å². The minimum atomic E-state index is -0.875. The second-order valence-electron chi connectivity index (χ2n) is 7.04. The maximum atomic E-state index is 12.4. The van der Waals surface area contributed by atoms with E-state index >= 15 is 0 Å². The number of non-ortho nitro benzene ring substituents is 1. The van der Waals surface area contributed by atoms with Crippen LogP contribution in [0.2, 0.25) is 0 Å². The SMILES string of the molecule is CC(=O)C1=C(C)NC(SCc2ccc([N+](=O)[O-])cc2)=C(C#N)[C@@H]1c1ccccc1[N+](=O)[O-]. The lowest BCUT2D eigenvalue weighted by Gasteiger charge is -2.29. The summed E-state index contributed by atoms with van der Waals surface area (Å²) in [6.07, 6.45) is 0. The minimum Gasteiger partial charge on any atom is -0.353 e. The zero-order valence-corrected chi connectivity index (χ0v) is 18.0. The van der Waals surface area contributed by atoms with E-state index in [4.69, 9.17) is 0 Å². The van der Waals surface area contributed by atoms with Gasteiger partial charge in [-0.25, -0.2) is 0 Å². The number of benzene rings is 2. The molecule has 1 heterocycles. The average Bonchev–Trinajstić information content (AvgIpc) is 2.77. The summed E-state index contributed by atoms with van der Waals surface area (Å²) in [4.78, 5) is 33.9. The number of hydrogen-bond donors (Lipinski definition) is 1. The number of dihydropyridines is 1. The Kier molecular flexibility index (Phi) is 6.70. The molecule has 1 atom stereocenters. The maximum Gasteiger partial charge on any atom is 0.273 e. The summed E-state index contributed by atoms with van der Waals surface area (Å²) in [5.74, 6) is -0.761. The molecule has 10 heteroatoms. The van der Waals surface area contributed by atoms with E-state index in [0.29, 0.717) is 22.1 Å². The van der Waals surface area contributed by atoms with Crippen LogP contribution >= 0.6 is 11.8 Å². The van der Waals surface area contributed by atoms with E-state index < -0.39 is 15.8 Å². The Hall–Kier alpha value is -3.97. The van der Waals surface area contributed by atoms with Crippen molar-refractivity contribution in [2.24, 2.45) is 0 Å². The normalized spacial score (nSPS) is 15.7. The number of nitriles is 1. The first-order chi connectivity index (χ1) is 15.2. The van der Waals surface area contributed by atoms with Gasteiger partial charge in [0.05, 0.1) is 32.4 Å². The van der Waals surface area contributed by atoms with Crippen molar-refractivity contribution in [3.63, 3.8) is 0 Å². The van der Waals surface area contributed by atoms with E-state index in [-0.39, 0.29) is 28.3 Å². The van der Waals surface area contributed by atoms with Crippen molar-refractivity contribution in [3.8, 4) is 6.07 Å². The Bertz CT molecular complexity index is 1210. The molecule has 0 aromatic heterocycles. The monoisotopic (exact) mass is 450 g/mol. The van der Waals surface area contributed by atoms with Crippen molar-refractivity contribution in [3.05, 3.63) is 102 Å². The van der Waals surface area contributed by atoms with Gasteiger partial charge in [0.2, 0.25) is 0 Å². The van der Waals surface area contributed by atoms with Crippen molar-refractivity contribution in [1.82, 2.24) is 5.32 Å². The predicted molar refractivity (Wildman–Crippen MR) is 119 cm³/mol. The molecular weight excluding hydrogens is 432 g/mol. The molecule has 0 bridgehead atoms. The van der Waals surface area contributed by atoms with Crippen LogP contribution in [0.4, 0.5) is 11.4 Å². The van der Waals surface area contributed by atoms with Crippen molar-refractivity contribution in [2.45, 2.75) is 25.5 Å². The number of para-hydroxylation sites is 1. The molecule has 0 amide bonds. The molecule has 0 saturated heterocycles. The number of thioether (sulfide) groups is 1. The smallest absolute Gasteiger partial charge is 0.273 e. The lowest BCUT2D eigenvalue weighted by Crippen LogP contribution is -2.27. The van der Waals surface area contributed by atoms with E-state index in [0.717, 1.165) is 5.56 Å². The van der Waals surface area contributed by atoms with Crippen LogP contribution < -0.4 is 5.32 Å². The summed E-state index contributed by atoms with van der Waals surface area (Å²) >= 11 is 1.29. The zero-order valence-electron chi connectivity index (χ0n) is 17.2. The number of nitro benzene ring substituents is 2. The molecule has 0 saturated carbocycles. The number of ketones is 1. The number of Topliss-reactive ketones (excluding diaryl/α,β-unsaturated/α-hetero) is 1. The fourth-order valence-corrected chi connectivity index (χ4v) is 4.62. The molecule has 3 rings (SSSR count). The summed E-state index contributed by atoms with van der Waals surface area (Å²) in [6.45, 7) is 3.06. The van der Waals surface area contributed by atoms with Crippen LogP contribution in [-0.2, 0) is 10.5 Å². The highest BCUT2D eigenvalue weighted by molar-refractivity contribution is 8.02. The van der Waals surface area contributed by atoms with Crippen molar-refractivity contribution in [1.29, 1.82) is 5.26 Å². The molecular formula is C22H18N4O5S. The van der Waals surface area contributed by atoms with Gasteiger partial charge >= 0.3 is 0 Å².